The third-order valence-corrected chi connectivity index (χ3v) is 4.16. The molecule has 0 aliphatic heterocycles. The molecule has 0 spiro atoms. The molecular weight excluding hydrogens is 198 g/mol. The van der Waals surface area contributed by atoms with Crippen molar-refractivity contribution in [3.63, 3.8) is 0 Å². The van der Waals surface area contributed by atoms with Gasteiger partial charge in [-0.15, -0.1) is 0 Å². The van der Waals surface area contributed by atoms with Crippen LogP contribution in [0.4, 0.5) is 0 Å². The lowest BCUT2D eigenvalue weighted by Crippen LogP contribution is -2.17. The molecule has 0 N–H and O–H groups in total. The van der Waals surface area contributed by atoms with E-state index in [-0.39, 0.29) is 0 Å². The summed E-state index contributed by atoms with van der Waals surface area (Å²) in [6.45, 7) is 4.45. The minimum Gasteiger partial charge on any atom is -0.345 e. The molecular formula is C14H19NO. The van der Waals surface area contributed by atoms with Crippen LogP contribution in [0.5, 0.6) is 0 Å². The Labute approximate surface area is 96.6 Å². The molecule has 2 aliphatic rings. The van der Waals surface area contributed by atoms with Gasteiger partial charge in [0.1, 0.15) is 0 Å². The smallest absolute Gasteiger partial charge is 0.164 e. The lowest BCUT2D eigenvalue weighted by Gasteiger charge is -2.21. The molecule has 1 unspecified atom stereocenters. The van der Waals surface area contributed by atoms with Crippen LogP contribution in [0.3, 0.4) is 0 Å². The summed E-state index contributed by atoms with van der Waals surface area (Å²) >= 11 is 0. The minimum absolute atomic E-state index is 0.353. The number of ketones is 1. The molecule has 0 radical (unpaired) electrons. The molecule has 86 valence electrons. The zero-order valence-corrected chi connectivity index (χ0v) is 10.1. The highest BCUT2D eigenvalue weighted by Crippen LogP contribution is 2.42. The number of carbonyl (C=O) groups excluding carboxylic acids is 1. The highest BCUT2D eigenvalue weighted by atomic mass is 16.1. The molecule has 0 amide bonds. The second-order valence-corrected chi connectivity index (χ2v) is 5.37. The lowest BCUT2D eigenvalue weighted by molar-refractivity contribution is 0.0971. The quantitative estimate of drug-likeness (QED) is 0.745. The Morgan fingerprint density at radius 2 is 2.12 bits per heavy atom. The Kier molecular flexibility index (Phi) is 2.20. The van der Waals surface area contributed by atoms with Gasteiger partial charge in [-0.25, -0.2) is 0 Å². The van der Waals surface area contributed by atoms with E-state index in [0.29, 0.717) is 11.8 Å². The van der Waals surface area contributed by atoms with Gasteiger partial charge < -0.3 is 4.57 Å². The van der Waals surface area contributed by atoms with E-state index in [9.17, 15) is 4.79 Å². The average molecular weight is 217 g/mol. The van der Waals surface area contributed by atoms with Crippen molar-refractivity contribution < 1.29 is 4.79 Å². The zero-order valence-electron chi connectivity index (χ0n) is 10.1. The summed E-state index contributed by atoms with van der Waals surface area (Å²) in [6.07, 6.45) is 5.59. The number of fused-ring (bicyclic) bond motifs is 1. The van der Waals surface area contributed by atoms with Crippen LogP contribution in [-0.4, -0.2) is 10.4 Å². The van der Waals surface area contributed by atoms with Gasteiger partial charge in [-0.05, 0) is 51.5 Å². The Morgan fingerprint density at radius 3 is 2.81 bits per heavy atom. The van der Waals surface area contributed by atoms with Crippen molar-refractivity contribution in [2.75, 3.05) is 0 Å². The van der Waals surface area contributed by atoms with E-state index in [0.717, 1.165) is 30.7 Å². The molecule has 1 aromatic rings. The first-order valence-corrected chi connectivity index (χ1v) is 6.42. The third-order valence-electron chi connectivity index (χ3n) is 4.16. The standard InChI is InChI=1S/C14H19NO/c1-9-8-12-13(4-3-5-14(12)16)15(9)10(2)11-6-7-11/h8,10-11H,3-7H2,1-2H3. The van der Waals surface area contributed by atoms with Crippen LogP contribution in [0, 0.1) is 12.8 Å². The molecule has 3 rings (SSSR count). The summed E-state index contributed by atoms with van der Waals surface area (Å²) in [5, 5.41) is 0. The van der Waals surface area contributed by atoms with Gasteiger partial charge in [0.2, 0.25) is 0 Å². The maximum Gasteiger partial charge on any atom is 0.164 e. The maximum atomic E-state index is 11.8. The summed E-state index contributed by atoms with van der Waals surface area (Å²) in [6, 6.07) is 2.70. The molecule has 1 saturated carbocycles. The van der Waals surface area contributed by atoms with Crippen LogP contribution in [0.2, 0.25) is 0 Å². The van der Waals surface area contributed by atoms with Crippen LogP contribution in [0.15, 0.2) is 6.07 Å². The fourth-order valence-electron chi connectivity index (χ4n) is 3.11. The molecule has 0 saturated heterocycles. The number of carbonyl (C=O) groups is 1. The van der Waals surface area contributed by atoms with Gasteiger partial charge in [0.15, 0.2) is 5.78 Å². The summed E-state index contributed by atoms with van der Waals surface area (Å²) in [5.41, 5.74) is 3.60. The Balaban J connectivity index is 2.06. The highest BCUT2D eigenvalue weighted by molar-refractivity contribution is 5.98. The number of aryl methyl sites for hydroxylation is 1. The molecule has 2 nitrogen and oxygen atoms in total. The summed E-state index contributed by atoms with van der Waals surface area (Å²) in [4.78, 5) is 11.8. The number of hydrogen-bond donors (Lipinski definition) is 0. The third kappa shape index (κ3) is 1.43. The van der Waals surface area contributed by atoms with Gasteiger partial charge in [0, 0.05) is 29.4 Å². The van der Waals surface area contributed by atoms with Gasteiger partial charge in [-0.1, -0.05) is 0 Å². The second kappa shape index (κ2) is 3.47. The van der Waals surface area contributed by atoms with Gasteiger partial charge in [-0.3, -0.25) is 4.79 Å². The van der Waals surface area contributed by atoms with Crippen LogP contribution >= 0.6 is 0 Å². The maximum absolute atomic E-state index is 11.8. The zero-order chi connectivity index (χ0) is 11.3. The molecule has 0 bridgehead atoms. The van der Waals surface area contributed by atoms with Gasteiger partial charge in [0.05, 0.1) is 0 Å². The number of aromatic nitrogens is 1. The van der Waals surface area contributed by atoms with Crippen molar-refractivity contribution >= 4 is 5.78 Å². The SMILES string of the molecule is Cc1cc2c(n1C(C)C1CC1)CCCC2=O. The van der Waals surface area contributed by atoms with E-state index in [1.165, 1.54) is 24.2 Å². The molecule has 16 heavy (non-hydrogen) atoms. The number of Topliss-reactive ketones (excluding diaryl/α,β-unsaturated/α-hetero) is 1. The first-order chi connectivity index (χ1) is 7.68. The first-order valence-electron chi connectivity index (χ1n) is 6.42. The summed E-state index contributed by atoms with van der Waals surface area (Å²) in [5.74, 6) is 1.21. The molecule has 1 aromatic heterocycles. The van der Waals surface area contributed by atoms with E-state index < -0.39 is 0 Å². The van der Waals surface area contributed by atoms with Crippen molar-refractivity contribution in [2.24, 2.45) is 5.92 Å². The van der Waals surface area contributed by atoms with E-state index in [2.05, 4.69) is 24.5 Å². The van der Waals surface area contributed by atoms with E-state index in [1.54, 1.807) is 0 Å². The van der Waals surface area contributed by atoms with Gasteiger partial charge >= 0.3 is 0 Å². The molecule has 1 atom stereocenters. The largest absolute Gasteiger partial charge is 0.345 e. The predicted molar refractivity (Wildman–Crippen MR) is 63.9 cm³/mol. The predicted octanol–water partition coefficient (Wildman–Crippen LogP) is 3.29. The average Bonchev–Trinajstić information content (AvgIpc) is 3.02. The van der Waals surface area contributed by atoms with Crippen molar-refractivity contribution in [1.29, 1.82) is 0 Å². The van der Waals surface area contributed by atoms with Gasteiger partial charge in [-0.2, -0.15) is 0 Å². The molecule has 1 heterocycles. The van der Waals surface area contributed by atoms with Gasteiger partial charge in [0.25, 0.3) is 0 Å². The molecule has 2 aliphatic carbocycles. The van der Waals surface area contributed by atoms with Crippen LogP contribution in [-0.2, 0) is 6.42 Å². The Bertz CT molecular complexity index is 440. The van der Waals surface area contributed by atoms with E-state index in [1.807, 2.05) is 0 Å². The molecule has 1 fully saturated rings. The van der Waals surface area contributed by atoms with E-state index in [4.69, 9.17) is 0 Å². The topological polar surface area (TPSA) is 22.0 Å². The first kappa shape index (κ1) is 10.1. The normalized spacial score (nSPS) is 22.0. The van der Waals surface area contributed by atoms with Crippen LogP contribution < -0.4 is 0 Å². The Hall–Kier alpha value is -1.05. The fourth-order valence-corrected chi connectivity index (χ4v) is 3.11. The molecule has 2 heteroatoms. The van der Waals surface area contributed by atoms with E-state index >= 15 is 0 Å². The highest BCUT2D eigenvalue weighted by Gasteiger charge is 2.32. The summed E-state index contributed by atoms with van der Waals surface area (Å²) in [7, 11) is 0. The second-order valence-electron chi connectivity index (χ2n) is 5.37. The summed E-state index contributed by atoms with van der Waals surface area (Å²) < 4.78 is 2.43. The lowest BCUT2D eigenvalue weighted by atomic mass is 9.96. The minimum atomic E-state index is 0.353. The fraction of sp³-hybridized carbons (Fsp3) is 0.643. The van der Waals surface area contributed by atoms with Crippen molar-refractivity contribution in [3.8, 4) is 0 Å². The number of hydrogen-bond acceptors (Lipinski definition) is 1. The van der Waals surface area contributed by atoms with Crippen LogP contribution in [0.1, 0.15) is 60.4 Å². The monoisotopic (exact) mass is 217 g/mol. The molecule has 0 aromatic carbocycles. The number of nitrogens with zero attached hydrogens (tertiary/aromatic N) is 1. The van der Waals surface area contributed by atoms with Crippen LogP contribution in [0.25, 0.3) is 0 Å². The van der Waals surface area contributed by atoms with Crippen molar-refractivity contribution in [2.45, 2.75) is 52.0 Å². The van der Waals surface area contributed by atoms with Crippen molar-refractivity contribution in [3.05, 3.63) is 23.0 Å². The van der Waals surface area contributed by atoms with Crippen molar-refractivity contribution in [1.82, 2.24) is 4.57 Å². The Morgan fingerprint density at radius 1 is 1.38 bits per heavy atom. The number of rotatable bonds is 2.